The van der Waals surface area contributed by atoms with E-state index in [0.717, 1.165) is 56.5 Å². The Kier molecular flexibility index (Phi) is 6.84. The summed E-state index contributed by atoms with van der Waals surface area (Å²) in [5.41, 5.74) is 1.19. The van der Waals surface area contributed by atoms with Crippen molar-refractivity contribution in [1.82, 2.24) is 29.7 Å². The highest BCUT2D eigenvalue weighted by molar-refractivity contribution is 5.84. The monoisotopic (exact) mass is 484 g/mol. The van der Waals surface area contributed by atoms with Crippen LogP contribution in [0.2, 0.25) is 0 Å². The molecule has 0 N–H and O–H groups in total. The van der Waals surface area contributed by atoms with Gasteiger partial charge in [0.25, 0.3) is 5.95 Å². The maximum Gasteiger partial charge on any atom is 0.291 e. The Balaban J connectivity index is 1.22. The van der Waals surface area contributed by atoms with Crippen molar-refractivity contribution in [3.05, 3.63) is 35.6 Å². The van der Waals surface area contributed by atoms with Crippen molar-refractivity contribution in [2.24, 2.45) is 5.92 Å². The Morgan fingerprint density at radius 2 is 2.03 bits per heavy atom. The van der Waals surface area contributed by atoms with Crippen molar-refractivity contribution in [3.63, 3.8) is 0 Å². The number of halogens is 1. The zero-order valence-corrected chi connectivity index (χ0v) is 20.6. The number of hydrogen-bond donors (Lipinski definition) is 0. The molecule has 9 nitrogen and oxygen atoms in total. The van der Waals surface area contributed by atoms with E-state index in [1.165, 1.54) is 10.7 Å². The van der Waals surface area contributed by atoms with Crippen molar-refractivity contribution in [1.29, 1.82) is 0 Å². The molecular formula is C25H33FN6O3. The number of benzene rings is 1. The molecule has 1 amide bonds. The lowest BCUT2D eigenvalue weighted by atomic mass is 10.0. The van der Waals surface area contributed by atoms with E-state index in [1.807, 2.05) is 24.8 Å². The number of nitrogens with zero attached hydrogens (tertiary/aromatic N) is 6. The minimum atomic E-state index is -0.352. The molecule has 0 spiro atoms. The summed E-state index contributed by atoms with van der Waals surface area (Å²) in [7, 11) is 1.56. The van der Waals surface area contributed by atoms with Crippen LogP contribution in [0.1, 0.15) is 50.6 Å². The lowest BCUT2D eigenvalue weighted by Crippen LogP contribution is -2.47. The van der Waals surface area contributed by atoms with Gasteiger partial charge in [0.15, 0.2) is 0 Å². The van der Waals surface area contributed by atoms with Crippen molar-refractivity contribution in [2.75, 3.05) is 39.9 Å². The Labute approximate surface area is 204 Å². The van der Waals surface area contributed by atoms with Crippen molar-refractivity contribution < 1.29 is 18.4 Å². The first-order valence-corrected chi connectivity index (χ1v) is 12.5. The Hall–Kier alpha value is -2.85. The summed E-state index contributed by atoms with van der Waals surface area (Å²) in [6.45, 7) is 7.81. The standard InChI is InChI=1S/C25H33FN6O3/c1-16(2)23-19-5-4-6-20(26)24(19)32(28-23)25-27-21(35-29-25)13-17-7-10-31(14-17)18-8-11-30(12-9-18)22(33)15-34-3/h4-6,16-18H,7-15H2,1-3H3/t17-/m0/s1. The third kappa shape index (κ3) is 4.81. The first kappa shape index (κ1) is 23.9. The van der Waals surface area contributed by atoms with Crippen LogP contribution in [0.3, 0.4) is 0 Å². The molecule has 2 fully saturated rings. The van der Waals surface area contributed by atoms with Gasteiger partial charge in [-0.2, -0.15) is 14.8 Å². The Bertz CT molecular complexity index is 1180. The molecule has 3 aromatic rings. The van der Waals surface area contributed by atoms with E-state index in [-0.39, 0.29) is 30.2 Å². The fourth-order valence-corrected chi connectivity index (χ4v) is 5.44. The van der Waals surface area contributed by atoms with E-state index in [4.69, 9.17) is 9.26 Å². The predicted octanol–water partition coefficient (Wildman–Crippen LogP) is 3.17. The number of fused-ring (bicyclic) bond motifs is 1. The highest BCUT2D eigenvalue weighted by Gasteiger charge is 2.32. The number of carbonyl (C=O) groups excluding carboxylic acids is 1. The van der Waals surface area contributed by atoms with Gasteiger partial charge in [0.2, 0.25) is 11.8 Å². The average Bonchev–Trinajstić information content (AvgIpc) is 3.58. The van der Waals surface area contributed by atoms with E-state index in [1.54, 1.807) is 13.2 Å². The summed E-state index contributed by atoms with van der Waals surface area (Å²) < 4.78 is 26.7. The minimum absolute atomic E-state index is 0.0720. The molecule has 2 aromatic heterocycles. The van der Waals surface area contributed by atoms with Crippen molar-refractivity contribution in [2.45, 2.75) is 51.5 Å². The third-order valence-electron chi connectivity index (χ3n) is 7.26. The van der Waals surface area contributed by atoms with Crippen molar-refractivity contribution >= 4 is 16.8 Å². The summed E-state index contributed by atoms with van der Waals surface area (Å²) in [4.78, 5) is 21.1. The number of amides is 1. The topological polar surface area (TPSA) is 89.5 Å². The first-order chi connectivity index (χ1) is 16.9. The van der Waals surface area contributed by atoms with Gasteiger partial charge in [-0.05, 0) is 48.9 Å². The molecule has 0 unspecified atom stereocenters. The zero-order chi connectivity index (χ0) is 24.5. The molecule has 0 radical (unpaired) electrons. The molecule has 1 aromatic carbocycles. The lowest BCUT2D eigenvalue weighted by molar-refractivity contribution is -0.136. The van der Waals surface area contributed by atoms with Gasteiger partial charge in [-0.15, -0.1) is 0 Å². The number of piperidine rings is 1. The second-order valence-electron chi connectivity index (χ2n) is 9.97. The molecule has 5 rings (SSSR count). The fourth-order valence-electron chi connectivity index (χ4n) is 5.44. The van der Waals surface area contributed by atoms with Gasteiger partial charge >= 0.3 is 0 Å². The summed E-state index contributed by atoms with van der Waals surface area (Å²) in [5.74, 6) is 1.11. The van der Waals surface area contributed by atoms with E-state index in [2.05, 4.69) is 20.1 Å². The van der Waals surface area contributed by atoms with Gasteiger partial charge in [-0.25, -0.2) is 4.39 Å². The van der Waals surface area contributed by atoms with Crippen LogP contribution in [0.4, 0.5) is 4.39 Å². The SMILES string of the molecule is COCC(=O)N1CCC(N2CC[C@@H](Cc3nc(-n4nc(C(C)C)c5cccc(F)c54)no3)C2)CC1. The highest BCUT2D eigenvalue weighted by Crippen LogP contribution is 2.29. The number of methoxy groups -OCH3 is 1. The molecular weight excluding hydrogens is 451 g/mol. The normalized spacial score (nSPS) is 19.9. The fraction of sp³-hybridized carbons (Fsp3) is 0.600. The zero-order valence-electron chi connectivity index (χ0n) is 20.6. The van der Waals surface area contributed by atoms with Crippen LogP contribution >= 0.6 is 0 Å². The molecule has 188 valence electrons. The first-order valence-electron chi connectivity index (χ1n) is 12.5. The summed E-state index contributed by atoms with van der Waals surface area (Å²) >= 11 is 0. The van der Waals surface area contributed by atoms with E-state index in [0.29, 0.717) is 29.8 Å². The van der Waals surface area contributed by atoms with Crippen molar-refractivity contribution in [3.8, 4) is 5.95 Å². The van der Waals surface area contributed by atoms with E-state index in [9.17, 15) is 9.18 Å². The summed E-state index contributed by atoms with van der Waals surface area (Å²) in [6.07, 6.45) is 3.73. The second-order valence-corrected chi connectivity index (χ2v) is 9.97. The highest BCUT2D eigenvalue weighted by atomic mass is 19.1. The van der Waals surface area contributed by atoms with Gasteiger partial charge in [0.05, 0.1) is 5.69 Å². The van der Waals surface area contributed by atoms with E-state index >= 15 is 0 Å². The van der Waals surface area contributed by atoms with Crippen LogP contribution in [0, 0.1) is 11.7 Å². The molecule has 1 atom stereocenters. The average molecular weight is 485 g/mol. The molecule has 2 aliphatic rings. The quantitative estimate of drug-likeness (QED) is 0.509. The maximum atomic E-state index is 14.7. The summed E-state index contributed by atoms with van der Waals surface area (Å²) in [5, 5.41) is 9.51. The van der Waals surface area contributed by atoms with Crippen LogP contribution in [-0.2, 0) is 16.0 Å². The van der Waals surface area contributed by atoms with E-state index < -0.39 is 0 Å². The number of ether oxygens (including phenoxy) is 1. The number of rotatable bonds is 7. The predicted molar refractivity (Wildman–Crippen MR) is 128 cm³/mol. The molecule has 10 heteroatoms. The molecule has 2 saturated heterocycles. The molecule has 4 heterocycles. The maximum absolute atomic E-state index is 14.7. The molecule has 2 aliphatic heterocycles. The molecule has 35 heavy (non-hydrogen) atoms. The summed E-state index contributed by atoms with van der Waals surface area (Å²) in [6, 6.07) is 5.50. The van der Waals surface area contributed by atoms with Gasteiger partial charge in [-0.1, -0.05) is 26.0 Å². The Morgan fingerprint density at radius 1 is 1.23 bits per heavy atom. The molecule has 0 saturated carbocycles. The number of aromatic nitrogens is 4. The van der Waals surface area contributed by atoms with Crippen LogP contribution in [0.25, 0.3) is 16.9 Å². The lowest BCUT2D eigenvalue weighted by Gasteiger charge is -2.36. The number of carbonyl (C=O) groups is 1. The van der Waals surface area contributed by atoms with Gasteiger partial charge in [0.1, 0.15) is 17.9 Å². The second kappa shape index (κ2) is 10.0. The molecule has 0 bridgehead atoms. The van der Waals surface area contributed by atoms with Gasteiger partial charge in [-0.3, -0.25) is 9.69 Å². The van der Waals surface area contributed by atoms with Crippen LogP contribution in [0.5, 0.6) is 0 Å². The van der Waals surface area contributed by atoms with Crippen LogP contribution in [0.15, 0.2) is 22.7 Å². The smallest absolute Gasteiger partial charge is 0.291 e. The van der Waals surface area contributed by atoms with Gasteiger partial charge in [0, 0.05) is 44.6 Å². The number of para-hydroxylation sites is 1. The third-order valence-corrected chi connectivity index (χ3v) is 7.26. The minimum Gasteiger partial charge on any atom is -0.375 e. The largest absolute Gasteiger partial charge is 0.375 e. The molecule has 0 aliphatic carbocycles. The number of likely N-dealkylation sites (tertiary alicyclic amines) is 2. The van der Waals surface area contributed by atoms with Gasteiger partial charge < -0.3 is 14.2 Å². The van der Waals surface area contributed by atoms with Crippen LogP contribution in [-0.4, -0.2) is 81.6 Å². The van der Waals surface area contributed by atoms with Crippen LogP contribution < -0.4 is 0 Å². The Morgan fingerprint density at radius 3 is 2.77 bits per heavy atom. The number of hydrogen-bond acceptors (Lipinski definition) is 7.